The minimum Gasteiger partial charge on any atom is -0.344 e. The van der Waals surface area contributed by atoms with Crippen LogP contribution >= 0.6 is 11.8 Å². The molecule has 0 saturated carbocycles. The van der Waals surface area contributed by atoms with Crippen molar-refractivity contribution in [2.24, 2.45) is 0 Å². The van der Waals surface area contributed by atoms with Gasteiger partial charge in [0.25, 0.3) is 5.91 Å². The lowest BCUT2D eigenvalue weighted by Crippen LogP contribution is -2.47. The summed E-state index contributed by atoms with van der Waals surface area (Å²) in [6.07, 6.45) is 2.95. The number of hydrogen-bond acceptors (Lipinski definition) is 4. The molecule has 0 saturated heterocycles. The fraction of sp³-hybridized carbons (Fsp3) is 0.800. The lowest BCUT2D eigenvalue weighted by Gasteiger charge is -2.22. The van der Waals surface area contributed by atoms with E-state index in [9.17, 15) is 9.59 Å². The van der Waals surface area contributed by atoms with Crippen LogP contribution in [0.5, 0.6) is 0 Å². The monoisotopic (exact) mass is 248 g/mol. The molecule has 0 aromatic rings. The van der Waals surface area contributed by atoms with Crippen LogP contribution in [0.1, 0.15) is 19.8 Å². The van der Waals surface area contributed by atoms with Gasteiger partial charge in [0.1, 0.15) is 6.04 Å². The zero-order valence-corrected chi connectivity index (χ0v) is 11.1. The molecule has 0 fully saturated rings. The van der Waals surface area contributed by atoms with Crippen molar-refractivity contribution in [3.63, 3.8) is 0 Å². The van der Waals surface area contributed by atoms with Crippen molar-refractivity contribution in [3.8, 4) is 0 Å². The normalized spacial score (nSPS) is 12.0. The summed E-state index contributed by atoms with van der Waals surface area (Å²) in [6.45, 7) is 1.76. The summed E-state index contributed by atoms with van der Waals surface area (Å²) in [5.41, 5.74) is 0. The van der Waals surface area contributed by atoms with Crippen LogP contribution in [0.2, 0.25) is 0 Å². The minimum atomic E-state index is -0.496. The van der Waals surface area contributed by atoms with E-state index in [1.54, 1.807) is 18.7 Å². The van der Waals surface area contributed by atoms with Crippen LogP contribution in [0, 0.1) is 0 Å². The van der Waals surface area contributed by atoms with Crippen LogP contribution in [0.25, 0.3) is 0 Å². The maximum Gasteiger partial charge on any atom is 0.268 e. The van der Waals surface area contributed by atoms with Gasteiger partial charge in [0.15, 0.2) is 0 Å². The zero-order valence-electron chi connectivity index (χ0n) is 10.3. The molecular weight excluding hydrogens is 228 g/mol. The van der Waals surface area contributed by atoms with Crippen LogP contribution in [0.3, 0.4) is 0 Å². The number of hydroxylamine groups is 2. The highest BCUT2D eigenvalue weighted by Crippen LogP contribution is 2.04. The second-order valence-electron chi connectivity index (χ2n) is 3.27. The van der Waals surface area contributed by atoms with E-state index in [1.807, 2.05) is 6.26 Å². The number of nitrogens with zero attached hydrogens (tertiary/aromatic N) is 1. The first kappa shape index (κ1) is 15.2. The lowest BCUT2D eigenvalue weighted by atomic mass is 10.2. The van der Waals surface area contributed by atoms with Gasteiger partial charge in [-0.05, 0) is 18.4 Å². The van der Waals surface area contributed by atoms with Crippen LogP contribution in [0.15, 0.2) is 0 Å². The van der Waals surface area contributed by atoms with E-state index in [-0.39, 0.29) is 11.8 Å². The number of amides is 2. The molecular formula is C10H20N2O3S. The summed E-state index contributed by atoms with van der Waals surface area (Å²) in [5, 5.41) is 3.83. The number of hydrogen-bond donors (Lipinski definition) is 1. The number of rotatable bonds is 7. The zero-order chi connectivity index (χ0) is 12.6. The molecule has 0 aromatic heterocycles. The fourth-order valence-electron chi connectivity index (χ4n) is 1.10. The summed E-state index contributed by atoms with van der Waals surface area (Å²) in [5.74, 6) is 0.472. The average Bonchev–Trinajstić information content (AvgIpc) is 2.31. The highest BCUT2D eigenvalue weighted by Gasteiger charge is 2.23. The molecule has 1 N–H and O–H groups in total. The summed E-state index contributed by atoms with van der Waals surface area (Å²) in [6, 6.07) is -0.496. The maximum atomic E-state index is 11.8. The van der Waals surface area contributed by atoms with Crippen molar-refractivity contribution in [3.05, 3.63) is 0 Å². The highest BCUT2D eigenvalue weighted by atomic mass is 32.2. The topological polar surface area (TPSA) is 58.6 Å². The van der Waals surface area contributed by atoms with E-state index >= 15 is 0 Å². The number of carbonyl (C=O) groups is 2. The van der Waals surface area contributed by atoms with Gasteiger partial charge >= 0.3 is 0 Å². The van der Waals surface area contributed by atoms with Gasteiger partial charge in [0.2, 0.25) is 5.91 Å². The molecule has 2 amide bonds. The molecule has 0 radical (unpaired) electrons. The Morgan fingerprint density at radius 2 is 2.12 bits per heavy atom. The predicted molar refractivity (Wildman–Crippen MR) is 65.0 cm³/mol. The number of thioether (sulfide) groups is 1. The molecule has 5 nitrogen and oxygen atoms in total. The Balaban J connectivity index is 4.40. The molecule has 0 aromatic carbocycles. The van der Waals surface area contributed by atoms with Crippen molar-refractivity contribution in [1.29, 1.82) is 0 Å². The number of carbonyl (C=O) groups excluding carboxylic acids is 2. The molecule has 1 atom stereocenters. The lowest BCUT2D eigenvalue weighted by molar-refractivity contribution is -0.171. The van der Waals surface area contributed by atoms with Crippen molar-refractivity contribution >= 4 is 23.6 Å². The van der Waals surface area contributed by atoms with Gasteiger partial charge in [0.05, 0.1) is 7.11 Å². The van der Waals surface area contributed by atoms with Crippen molar-refractivity contribution < 1.29 is 14.4 Å². The largest absolute Gasteiger partial charge is 0.344 e. The third-order valence-corrected chi connectivity index (χ3v) is 2.79. The maximum absolute atomic E-state index is 11.8. The molecule has 0 bridgehead atoms. The molecule has 94 valence electrons. The third kappa shape index (κ3) is 5.37. The van der Waals surface area contributed by atoms with E-state index in [1.165, 1.54) is 14.2 Å². The van der Waals surface area contributed by atoms with Crippen molar-refractivity contribution in [2.45, 2.75) is 25.8 Å². The molecule has 6 heteroatoms. The van der Waals surface area contributed by atoms with Gasteiger partial charge in [0, 0.05) is 13.5 Å². The van der Waals surface area contributed by atoms with Gasteiger partial charge in [-0.3, -0.25) is 14.4 Å². The van der Waals surface area contributed by atoms with E-state index in [2.05, 4.69) is 5.32 Å². The molecule has 0 aliphatic heterocycles. The molecule has 0 rings (SSSR count). The van der Waals surface area contributed by atoms with E-state index in [4.69, 9.17) is 4.84 Å². The van der Waals surface area contributed by atoms with Gasteiger partial charge in [-0.2, -0.15) is 11.8 Å². The van der Waals surface area contributed by atoms with E-state index in [0.29, 0.717) is 12.8 Å². The van der Waals surface area contributed by atoms with Crippen molar-refractivity contribution in [2.75, 3.05) is 26.2 Å². The van der Waals surface area contributed by atoms with Crippen LogP contribution in [0.4, 0.5) is 0 Å². The molecule has 0 aliphatic carbocycles. The van der Waals surface area contributed by atoms with Crippen LogP contribution in [-0.2, 0) is 14.4 Å². The second-order valence-corrected chi connectivity index (χ2v) is 4.26. The van der Waals surface area contributed by atoms with Crippen molar-refractivity contribution in [1.82, 2.24) is 10.4 Å². The third-order valence-electron chi connectivity index (χ3n) is 2.15. The summed E-state index contributed by atoms with van der Waals surface area (Å²) >= 11 is 1.64. The molecule has 0 heterocycles. The molecule has 1 unspecified atom stereocenters. The fourth-order valence-corrected chi connectivity index (χ4v) is 1.57. The highest BCUT2D eigenvalue weighted by molar-refractivity contribution is 7.98. The van der Waals surface area contributed by atoms with Gasteiger partial charge in [-0.25, -0.2) is 5.06 Å². The smallest absolute Gasteiger partial charge is 0.268 e. The first-order valence-electron chi connectivity index (χ1n) is 5.16. The standard InChI is InChI=1S/C10H20N2O3S/c1-5-9(13)11-8(6-7-16-4)10(14)12(2)15-3/h8H,5-7H2,1-4H3,(H,11,13). The number of likely N-dealkylation sites (N-methyl/N-ethyl adjacent to an activating group) is 1. The Morgan fingerprint density at radius 3 is 2.56 bits per heavy atom. The Kier molecular flexibility index (Phi) is 8.01. The summed E-state index contributed by atoms with van der Waals surface area (Å²) in [7, 11) is 2.96. The summed E-state index contributed by atoms with van der Waals surface area (Å²) in [4.78, 5) is 27.9. The van der Waals surface area contributed by atoms with Gasteiger partial charge in [-0.15, -0.1) is 0 Å². The van der Waals surface area contributed by atoms with Crippen LogP contribution in [-0.4, -0.2) is 49.1 Å². The van der Waals surface area contributed by atoms with E-state index in [0.717, 1.165) is 10.8 Å². The first-order valence-corrected chi connectivity index (χ1v) is 6.56. The Hall–Kier alpha value is -0.750. The SMILES string of the molecule is CCC(=O)NC(CCSC)C(=O)N(C)OC. The quantitative estimate of drug-likeness (QED) is 0.672. The first-order chi connectivity index (χ1) is 7.56. The Bertz CT molecular complexity index is 236. The molecule has 0 aliphatic rings. The Labute approximate surface area is 101 Å². The Morgan fingerprint density at radius 1 is 1.50 bits per heavy atom. The van der Waals surface area contributed by atoms with Gasteiger partial charge < -0.3 is 5.32 Å². The minimum absolute atomic E-state index is 0.121. The number of nitrogens with one attached hydrogen (secondary N) is 1. The van der Waals surface area contributed by atoms with E-state index < -0.39 is 6.04 Å². The molecule has 16 heavy (non-hydrogen) atoms. The van der Waals surface area contributed by atoms with Crippen LogP contribution < -0.4 is 5.32 Å². The summed E-state index contributed by atoms with van der Waals surface area (Å²) < 4.78 is 0. The second kappa shape index (κ2) is 8.41. The average molecular weight is 248 g/mol. The molecule has 0 spiro atoms. The van der Waals surface area contributed by atoms with Gasteiger partial charge in [-0.1, -0.05) is 6.92 Å². The predicted octanol–water partition coefficient (Wildman–Crippen LogP) is 0.654.